The van der Waals surface area contributed by atoms with Crippen LogP contribution < -0.4 is 0 Å². The monoisotopic (exact) mass is 277 g/mol. The lowest BCUT2D eigenvalue weighted by Crippen LogP contribution is -2.02. The number of pyridine rings is 1. The molecule has 0 spiro atoms. The second-order valence-electron chi connectivity index (χ2n) is 3.60. The van der Waals surface area contributed by atoms with Gasteiger partial charge in [-0.2, -0.15) is 0 Å². The lowest BCUT2D eigenvalue weighted by Gasteiger charge is -2.11. The van der Waals surface area contributed by atoms with E-state index in [1.165, 1.54) is 0 Å². The van der Waals surface area contributed by atoms with Crippen LogP contribution in [0, 0.1) is 0 Å². The number of benzene rings is 1. The van der Waals surface area contributed by atoms with E-state index in [-0.39, 0.29) is 0 Å². The Balaban J connectivity index is 2.14. The fourth-order valence-corrected chi connectivity index (χ4v) is 2.01. The van der Waals surface area contributed by atoms with Gasteiger partial charge in [-0.05, 0) is 23.3 Å². The van der Waals surface area contributed by atoms with Crippen LogP contribution in [-0.4, -0.2) is 10.1 Å². The zero-order valence-corrected chi connectivity index (χ0v) is 10.3. The summed E-state index contributed by atoms with van der Waals surface area (Å²) in [5.74, 6) is 0. The number of aliphatic hydroxyl groups excluding tert-OH is 1. The largest absolute Gasteiger partial charge is 0.388 e. The predicted octanol–water partition coefficient (Wildman–Crippen LogP) is 3.12. The fraction of sp³-hybridized carbons (Fsp3) is 0.154. The Morgan fingerprint density at radius 2 is 2.00 bits per heavy atom. The Labute approximate surface area is 103 Å². The number of rotatable bonds is 3. The molecule has 1 unspecified atom stereocenters. The average Bonchev–Trinajstić information content (AvgIpc) is 2.33. The van der Waals surface area contributed by atoms with E-state index in [0.717, 1.165) is 15.6 Å². The van der Waals surface area contributed by atoms with Gasteiger partial charge < -0.3 is 5.11 Å². The van der Waals surface area contributed by atoms with Crippen molar-refractivity contribution in [2.24, 2.45) is 0 Å². The first-order valence-corrected chi connectivity index (χ1v) is 5.88. The number of hydrogen-bond donors (Lipinski definition) is 1. The molecule has 16 heavy (non-hydrogen) atoms. The zero-order chi connectivity index (χ0) is 11.4. The number of hydrogen-bond acceptors (Lipinski definition) is 2. The van der Waals surface area contributed by atoms with Crippen LogP contribution in [0.2, 0.25) is 0 Å². The van der Waals surface area contributed by atoms with Crippen molar-refractivity contribution in [1.29, 1.82) is 0 Å². The van der Waals surface area contributed by atoms with Crippen molar-refractivity contribution < 1.29 is 5.11 Å². The maximum atomic E-state index is 10.0. The molecule has 0 saturated heterocycles. The van der Waals surface area contributed by atoms with Crippen molar-refractivity contribution in [2.75, 3.05) is 0 Å². The molecule has 2 aromatic rings. The summed E-state index contributed by atoms with van der Waals surface area (Å²) in [4.78, 5) is 4.00. The highest BCUT2D eigenvalue weighted by atomic mass is 79.9. The Hall–Kier alpha value is -1.19. The molecule has 0 fully saturated rings. The maximum absolute atomic E-state index is 10.0. The molecule has 2 nitrogen and oxygen atoms in total. The van der Waals surface area contributed by atoms with Gasteiger partial charge in [-0.15, -0.1) is 0 Å². The summed E-state index contributed by atoms with van der Waals surface area (Å²) in [6.45, 7) is 0. The molecule has 2 rings (SSSR count). The van der Waals surface area contributed by atoms with Gasteiger partial charge in [0.15, 0.2) is 0 Å². The third-order valence-electron chi connectivity index (χ3n) is 2.44. The van der Waals surface area contributed by atoms with E-state index in [1.54, 1.807) is 12.4 Å². The van der Waals surface area contributed by atoms with Crippen molar-refractivity contribution in [3.8, 4) is 0 Å². The Morgan fingerprint density at radius 1 is 1.19 bits per heavy atom. The summed E-state index contributed by atoms with van der Waals surface area (Å²) in [5, 5.41) is 10.0. The second kappa shape index (κ2) is 5.23. The molecule has 1 atom stereocenters. The highest BCUT2D eigenvalue weighted by Gasteiger charge is 2.09. The van der Waals surface area contributed by atoms with Crippen LogP contribution in [0.15, 0.2) is 53.3 Å². The number of aliphatic hydroxyl groups is 1. The number of aromatic nitrogens is 1. The second-order valence-corrected chi connectivity index (χ2v) is 4.45. The van der Waals surface area contributed by atoms with Crippen LogP contribution in [0.4, 0.5) is 0 Å². The molecule has 1 N–H and O–H groups in total. The summed E-state index contributed by atoms with van der Waals surface area (Å²) in [6.07, 6.45) is 3.48. The molecule has 1 aromatic carbocycles. The van der Waals surface area contributed by atoms with E-state index in [1.807, 2.05) is 36.4 Å². The molecule has 1 aromatic heterocycles. The van der Waals surface area contributed by atoms with Gasteiger partial charge in [-0.25, -0.2) is 0 Å². The van der Waals surface area contributed by atoms with Crippen LogP contribution in [0.25, 0.3) is 0 Å². The maximum Gasteiger partial charge on any atom is 0.0845 e. The van der Waals surface area contributed by atoms with E-state index < -0.39 is 6.10 Å². The minimum atomic E-state index is -0.507. The fourth-order valence-electron chi connectivity index (χ4n) is 1.56. The molecule has 0 radical (unpaired) electrons. The van der Waals surface area contributed by atoms with Crippen molar-refractivity contribution >= 4 is 15.9 Å². The van der Waals surface area contributed by atoms with Crippen molar-refractivity contribution in [2.45, 2.75) is 12.5 Å². The van der Waals surface area contributed by atoms with Gasteiger partial charge in [0, 0.05) is 23.3 Å². The van der Waals surface area contributed by atoms with Crippen molar-refractivity contribution in [3.63, 3.8) is 0 Å². The summed E-state index contributed by atoms with van der Waals surface area (Å²) in [6, 6.07) is 11.6. The zero-order valence-electron chi connectivity index (χ0n) is 8.68. The minimum absolute atomic E-state index is 0.507. The van der Waals surface area contributed by atoms with Gasteiger partial charge >= 0.3 is 0 Å². The first-order valence-electron chi connectivity index (χ1n) is 5.09. The molecule has 82 valence electrons. The molecule has 0 saturated carbocycles. The standard InChI is InChI=1S/C13H12BrNO/c14-12-6-2-1-4-10(12)8-13(16)11-5-3-7-15-9-11/h1-7,9,13,16H,8H2. The smallest absolute Gasteiger partial charge is 0.0845 e. The quantitative estimate of drug-likeness (QED) is 0.935. The van der Waals surface area contributed by atoms with Gasteiger partial charge in [0.2, 0.25) is 0 Å². The minimum Gasteiger partial charge on any atom is -0.388 e. The van der Waals surface area contributed by atoms with Gasteiger partial charge in [-0.3, -0.25) is 4.98 Å². The van der Waals surface area contributed by atoms with E-state index in [4.69, 9.17) is 0 Å². The average molecular weight is 278 g/mol. The van der Waals surface area contributed by atoms with E-state index in [0.29, 0.717) is 6.42 Å². The highest BCUT2D eigenvalue weighted by molar-refractivity contribution is 9.10. The molecule has 0 aliphatic carbocycles. The van der Waals surface area contributed by atoms with Crippen LogP contribution >= 0.6 is 15.9 Å². The Morgan fingerprint density at radius 3 is 2.69 bits per heavy atom. The van der Waals surface area contributed by atoms with Crippen LogP contribution in [0.3, 0.4) is 0 Å². The summed E-state index contributed by atoms with van der Waals surface area (Å²) in [7, 11) is 0. The summed E-state index contributed by atoms with van der Waals surface area (Å²) < 4.78 is 1.03. The number of nitrogens with zero attached hydrogens (tertiary/aromatic N) is 1. The van der Waals surface area contributed by atoms with Crippen LogP contribution in [-0.2, 0) is 6.42 Å². The molecule has 0 bridgehead atoms. The molecule has 0 aliphatic heterocycles. The van der Waals surface area contributed by atoms with Gasteiger partial charge in [0.1, 0.15) is 0 Å². The Bertz CT molecular complexity index is 458. The topological polar surface area (TPSA) is 33.1 Å². The first-order chi connectivity index (χ1) is 7.77. The van der Waals surface area contributed by atoms with Crippen LogP contribution in [0.5, 0.6) is 0 Å². The molecule has 0 aliphatic rings. The van der Waals surface area contributed by atoms with E-state index in [9.17, 15) is 5.11 Å². The van der Waals surface area contributed by atoms with Gasteiger partial charge in [0.05, 0.1) is 6.10 Å². The summed E-state index contributed by atoms with van der Waals surface area (Å²) in [5.41, 5.74) is 1.94. The molecule has 3 heteroatoms. The van der Waals surface area contributed by atoms with Gasteiger partial charge in [-0.1, -0.05) is 40.2 Å². The first kappa shape index (κ1) is 11.3. The van der Waals surface area contributed by atoms with Crippen LogP contribution in [0.1, 0.15) is 17.2 Å². The Kier molecular flexibility index (Phi) is 3.70. The molecular formula is C13H12BrNO. The normalized spacial score (nSPS) is 12.4. The highest BCUT2D eigenvalue weighted by Crippen LogP contribution is 2.22. The van der Waals surface area contributed by atoms with Gasteiger partial charge in [0.25, 0.3) is 0 Å². The predicted molar refractivity (Wildman–Crippen MR) is 67.0 cm³/mol. The molecule has 1 heterocycles. The third-order valence-corrected chi connectivity index (χ3v) is 3.21. The SMILES string of the molecule is OC(Cc1ccccc1Br)c1cccnc1. The van der Waals surface area contributed by atoms with Crippen molar-refractivity contribution in [3.05, 3.63) is 64.4 Å². The summed E-state index contributed by atoms with van der Waals surface area (Å²) >= 11 is 3.47. The van der Waals surface area contributed by atoms with E-state index in [2.05, 4.69) is 20.9 Å². The van der Waals surface area contributed by atoms with Crippen molar-refractivity contribution in [1.82, 2.24) is 4.98 Å². The number of halogens is 1. The van der Waals surface area contributed by atoms with E-state index >= 15 is 0 Å². The molecule has 0 amide bonds. The molecular weight excluding hydrogens is 266 g/mol. The lowest BCUT2D eigenvalue weighted by atomic mass is 10.0. The third kappa shape index (κ3) is 2.68. The lowest BCUT2D eigenvalue weighted by molar-refractivity contribution is 0.178.